The third-order valence-electron chi connectivity index (χ3n) is 3.96. The van der Waals surface area contributed by atoms with E-state index in [9.17, 15) is 14.4 Å². The van der Waals surface area contributed by atoms with Crippen LogP contribution in [0.4, 0.5) is 5.69 Å². The molecular formula is C21H24N2O4. The number of amides is 2. The van der Waals surface area contributed by atoms with Crippen LogP contribution in [0.15, 0.2) is 48.5 Å². The summed E-state index contributed by atoms with van der Waals surface area (Å²) in [5.41, 5.74) is 3.10. The van der Waals surface area contributed by atoms with Crippen LogP contribution in [0.25, 0.3) is 0 Å². The van der Waals surface area contributed by atoms with Crippen molar-refractivity contribution in [2.24, 2.45) is 0 Å². The lowest BCUT2D eigenvalue weighted by molar-refractivity contribution is -0.154. The second kappa shape index (κ2) is 8.98. The number of ether oxygens (including phenoxy) is 1. The number of esters is 1. The van der Waals surface area contributed by atoms with Gasteiger partial charge in [-0.25, -0.2) is 4.79 Å². The van der Waals surface area contributed by atoms with Crippen molar-refractivity contribution in [1.82, 2.24) is 5.32 Å². The third-order valence-corrected chi connectivity index (χ3v) is 3.96. The zero-order chi connectivity index (χ0) is 20.0. The van der Waals surface area contributed by atoms with E-state index in [1.165, 1.54) is 13.8 Å². The number of nitrogens with one attached hydrogen (secondary N) is 2. The lowest BCUT2D eigenvalue weighted by Gasteiger charge is -2.17. The van der Waals surface area contributed by atoms with Gasteiger partial charge >= 0.3 is 5.97 Å². The molecule has 0 spiro atoms. The van der Waals surface area contributed by atoms with Crippen molar-refractivity contribution in [3.63, 3.8) is 0 Å². The molecule has 6 nitrogen and oxygen atoms in total. The van der Waals surface area contributed by atoms with E-state index in [0.29, 0.717) is 11.3 Å². The van der Waals surface area contributed by atoms with Crippen molar-refractivity contribution in [1.29, 1.82) is 0 Å². The van der Waals surface area contributed by atoms with Crippen molar-refractivity contribution < 1.29 is 19.1 Å². The van der Waals surface area contributed by atoms with E-state index < -0.39 is 24.0 Å². The van der Waals surface area contributed by atoms with Crippen LogP contribution in [0.3, 0.4) is 0 Å². The van der Waals surface area contributed by atoms with Gasteiger partial charge in [-0.05, 0) is 52.0 Å². The number of carbonyl (C=O) groups excluding carboxylic acids is 3. The number of hydrogen-bond donors (Lipinski definition) is 2. The summed E-state index contributed by atoms with van der Waals surface area (Å²) < 4.78 is 5.16. The van der Waals surface area contributed by atoms with Crippen molar-refractivity contribution in [3.8, 4) is 0 Å². The van der Waals surface area contributed by atoms with Gasteiger partial charge in [-0.1, -0.05) is 35.4 Å². The van der Waals surface area contributed by atoms with Crippen LogP contribution in [0, 0.1) is 13.8 Å². The lowest BCUT2D eigenvalue weighted by Crippen LogP contribution is -2.42. The highest BCUT2D eigenvalue weighted by Crippen LogP contribution is 2.10. The highest BCUT2D eigenvalue weighted by atomic mass is 16.5. The fraction of sp³-hybridized carbons (Fsp3) is 0.286. The molecule has 2 rings (SSSR count). The Bertz CT molecular complexity index is 830. The van der Waals surface area contributed by atoms with Crippen LogP contribution in [0.2, 0.25) is 0 Å². The van der Waals surface area contributed by atoms with E-state index in [4.69, 9.17) is 4.74 Å². The Hall–Kier alpha value is -3.15. The summed E-state index contributed by atoms with van der Waals surface area (Å²) in [5, 5.41) is 5.26. The lowest BCUT2D eigenvalue weighted by atomic mass is 10.1. The minimum atomic E-state index is -0.989. The zero-order valence-corrected chi connectivity index (χ0v) is 15.9. The molecule has 0 bridgehead atoms. The Balaban J connectivity index is 1.88. The topological polar surface area (TPSA) is 84.5 Å². The fourth-order valence-corrected chi connectivity index (χ4v) is 2.34. The molecule has 27 heavy (non-hydrogen) atoms. The highest BCUT2D eigenvalue weighted by Gasteiger charge is 2.23. The molecule has 2 N–H and O–H groups in total. The molecule has 0 saturated carbocycles. The van der Waals surface area contributed by atoms with Gasteiger partial charge in [0.2, 0.25) is 0 Å². The summed E-state index contributed by atoms with van der Waals surface area (Å²) in [6.45, 7) is 6.82. The van der Waals surface area contributed by atoms with Crippen LogP contribution < -0.4 is 10.6 Å². The quantitative estimate of drug-likeness (QED) is 0.768. The minimum absolute atomic E-state index is 0.375. The second-order valence-corrected chi connectivity index (χ2v) is 6.50. The molecule has 0 aromatic heterocycles. The van der Waals surface area contributed by atoms with Crippen molar-refractivity contribution >= 4 is 23.5 Å². The van der Waals surface area contributed by atoms with Gasteiger partial charge in [0.1, 0.15) is 6.04 Å². The molecule has 0 saturated heterocycles. The van der Waals surface area contributed by atoms with Crippen LogP contribution in [-0.2, 0) is 14.3 Å². The van der Waals surface area contributed by atoms with E-state index in [2.05, 4.69) is 10.6 Å². The summed E-state index contributed by atoms with van der Waals surface area (Å²) in [5.74, 6) is -1.49. The van der Waals surface area contributed by atoms with Crippen molar-refractivity contribution in [2.45, 2.75) is 39.8 Å². The molecule has 2 aromatic rings. The van der Waals surface area contributed by atoms with E-state index in [1.807, 2.05) is 32.0 Å². The summed E-state index contributed by atoms with van der Waals surface area (Å²) in [4.78, 5) is 36.5. The van der Waals surface area contributed by atoms with Crippen LogP contribution in [-0.4, -0.2) is 29.9 Å². The fourth-order valence-electron chi connectivity index (χ4n) is 2.34. The molecule has 6 heteroatoms. The predicted octanol–water partition coefficient (Wildman–Crippen LogP) is 2.99. The Labute approximate surface area is 158 Å². The average Bonchev–Trinajstić information content (AvgIpc) is 2.63. The zero-order valence-electron chi connectivity index (χ0n) is 15.9. The summed E-state index contributed by atoms with van der Waals surface area (Å²) >= 11 is 0. The van der Waals surface area contributed by atoms with Gasteiger partial charge in [0, 0.05) is 11.3 Å². The first-order chi connectivity index (χ1) is 12.8. The van der Waals surface area contributed by atoms with E-state index in [1.54, 1.807) is 30.3 Å². The number of carbonyl (C=O) groups is 3. The minimum Gasteiger partial charge on any atom is -0.451 e. The van der Waals surface area contributed by atoms with E-state index >= 15 is 0 Å². The van der Waals surface area contributed by atoms with E-state index in [0.717, 1.165) is 11.1 Å². The van der Waals surface area contributed by atoms with Gasteiger partial charge in [-0.2, -0.15) is 0 Å². The smallest absolute Gasteiger partial charge is 0.329 e. The molecule has 2 amide bonds. The van der Waals surface area contributed by atoms with Gasteiger partial charge in [-0.15, -0.1) is 0 Å². The molecule has 0 unspecified atom stereocenters. The number of hydrogen-bond acceptors (Lipinski definition) is 4. The Kier molecular flexibility index (Phi) is 6.71. The van der Waals surface area contributed by atoms with Crippen LogP contribution >= 0.6 is 0 Å². The maximum absolute atomic E-state index is 12.2. The first-order valence-corrected chi connectivity index (χ1v) is 8.72. The number of anilines is 1. The standard InChI is InChI=1S/C21H24N2O4/c1-13-8-10-18(11-9-13)23-19(24)16(4)27-21(26)15(3)22-20(25)17-7-5-6-14(2)12-17/h5-12,15-16H,1-4H3,(H,22,25)(H,23,24)/t15-,16-/m0/s1. The summed E-state index contributed by atoms with van der Waals surface area (Å²) in [6.07, 6.45) is -0.989. The number of rotatable bonds is 6. The summed E-state index contributed by atoms with van der Waals surface area (Å²) in [7, 11) is 0. The first-order valence-electron chi connectivity index (χ1n) is 8.72. The molecule has 2 aromatic carbocycles. The van der Waals surface area contributed by atoms with Gasteiger partial charge in [-0.3, -0.25) is 9.59 Å². The van der Waals surface area contributed by atoms with Crippen LogP contribution in [0.5, 0.6) is 0 Å². The normalized spacial score (nSPS) is 12.6. The van der Waals surface area contributed by atoms with Crippen LogP contribution in [0.1, 0.15) is 35.3 Å². The maximum Gasteiger partial charge on any atom is 0.329 e. The molecule has 0 heterocycles. The van der Waals surface area contributed by atoms with Gasteiger partial charge < -0.3 is 15.4 Å². The first kappa shape index (κ1) is 20.2. The SMILES string of the molecule is Cc1ccc(NC(=O)[C@H](C)OC(=O)[C@H](C)NC(=O)c2cccc(C)c2)cc1. The number of benzene rings is 2. The molecule has 0 aliphatic carbocycles. The second-order valence-electron chi connectivity index (χ2n) is 6.50. The molecule has 0 fully saturated rings. The monoisotopic (exact) mass is 368 g/mol. The summed E-state index contributed by atoms with van der Waals surface area (Å²) in [6, 6.07) is 13.4. The third kappa shape index (κ3) is 5.95. The molecule has 142 valence electrons. The Morgan fingerprint density at radius 3 is 2.22 bits per heavy atom. The van der Waals surface area contributed by atoms with Gasteiger partial charge in [0.15, 0.2) is 6.10 Å². The highest BCUT2D eigenvalue weighted by molar-refractivity contribution is 5.98. The van der Waals surface area contributed by atoms with Gasteiger partial charge in [0.25, 0.3) is 11.8 Å². The average molecular weight is 368 g/mol. The predicted molar refractivity (Wildman–Crippen MR) is 103 cm³/mol. The molecule has 0 aliphatic heterocycles. The van der Waals surface area contributed by atoms with Crippen molar-refractivity contribution in [3.05, 3.63) is 65.2 Å². The maximum atomic E-state index is 12.2. The van der Waals surface area contributed by atoms with E-state index in [-0.39, 0.29) is 5.91 Å². The Morgan fingerprint density at radius 1 is 0.926 bits per heavy atom. The molecule has 0 aliphatic rings. The number of aryl methyl sites for hydroxylation is 2. The van der Waals surface area contributed by atoms with Gasteiger partial charge in [0.05, 0.1) is 0 Å². The molecular weight excluding hydrogens is 344 g/mol. The van der Waals surface area contributed by atoms with Crippen molar-refractivity contribution in [2.75, 3.05) is 5.32 Å². The largest absolute Gasteiger partial charge is 0.451 e. The Morgan fingerprint density at radius 2 is 1.59 bits per heavy atom. The molecule has 2 atom stereocenters. The molecule has 0 radical (unpaired) electrons.